The molecule has 0 atom stereocenters. The second-order valence-electron chi connectivity index (χ2n) is 7.00. The Balaban J connectivity index is 1.53. The molecule has 29 heavy (non-hydrogen) atoms. The maximum absolute atomic E-state index is 12.2. The van der Waals surface area contributed by atoms with Crippen LogP contribution in [0.25, 0.3) is 10.2 Å². The van der Waals surface area contributed by atoms with Gasteiger partial charge in [0.2, 0.25) is 15.9 Å². The Morgan fingerprint density at radius 1 is 1.17 bits per heavy atom. The summed E-state index contributed by atoms with van der Waals surface area (Å²) >= 11 is 2.81. The van der Waals surface area contributed by atoms with Gasteiger partial charge in [0.15, 0.2) is 4.34 Å². The second-order valence-corrected chi connectivity index (χ2v) is 11.0. The van der Waals surface area contributed by atoms with Crippen molar-refractivity contribution in [1.82, 2.24) is 10.3 Å². The molecule has 0 unspecified atom stereocenters. The first-order valence-corrected chi connectivity index (χ1v) is 12.8. The molecule has 0 aliphatic heterocycles. The summed E-state index contributed by atoms with van der Waals surface area (Å²) in [6, 6.07) is 13.5. The maximum Gasteiger partial charge on any atom is 0.230 e. The van der Waals surface area contributed by atoms with Gasteiger partial charge in [0.25, 0.3) is 0 Å². The molecule has 1 aromatic heterocycles. The van der Waals surface area contributed by atoms with Crippen LogP contribution >= 0.6 is 23.1 Å². The number of anilines is 1. The number of nitrogens with one attached hydrogen (secondary N) is 2. The van der Waals surface area contributed by atoms with Gasteiger partial charge in [-0.3, -0.25) is 9.52 Å². The molecule has 0 radical (unpaired) electrons. The van der Waals surface area contributed by atoms with Gasteiger partial charge in [-0.25, -0.2) is 13.4 Å². The van der Waals surface area contributed by atoms with Crippen molar-refractivity contribution >= 4 is 54.9 Å². The molecule has 0 aliphatic carbocycles. The van der Waals surface area contributed by atoms with Crippen molar-refractivity contribution in [2.24, 2.45) is 0 Å². The number of fused-ring (bicyclic) bond motifs is 1. The largest absolute Gasteiger partial charge is 0.351 e. The fraction of sp³-hybridized carbons (Fsp3) is 0.300. The predicted molar refractivity (Wildman–Crippen MR) is 121 cm³/mol. The lowest BCUT2D eigenvalue weighted by molar-refractivity contribution is -0.118. The number of thiazole rings is 1. The molecular weight excluding hydrogens is 426 g/mol. The lowest BCUT2D eigenvalue weighted by atomic mass is 10.0. The van der Waals surface area contributed by atoms with E-state index >= 15 is 0 Å². The highest BCUT2D eigenvalue weighted by Crippen LogP contribution is 2.31. The molecule has 0 saturated carbocycles. The lowest BCUT2D eigenvalue weighted by Crippen LogP contribution is -2.24. The van der Waals surface area contributed by atoms with Crippen molar-refractivity contribution in [1.29, 1.82) is 0 Å². The lowest BCUT2D eigenvalue weighted by Gasteiger charge is -2.08. The Labute approximate surface area is 179 Å². The van der Waals surface area contributed by atoms with Crippen molar-refractivity contribution in [2.45, 2.75) is 30.6 Å². The van der Waals surface area contributed by atoms with Crippen molar-refractivity contribution in [3.63, 3.8) is 0 Å². The molecule has 9 heteroatoms. The Bertz CT molecular complexity index is 1110. The first kappa shape index (κ1) is 21.6. The number of rotatable bonds is 8. The predicted octanol–water partition coefficient (Wildman–Crippen LogP) is 4.20. The molecule has 3 aromatic rings. The van der Waals surface area contributed by atoms with E-state index in [2.05, 4.69) is 41.0 Å². The van der Waals surface area contributed by atoms with Gasteiger partial charge in [0, 0.05) is 6.54 Å². The molecule has 2 aromatic carbocycles. The standard InChI is InChI=1S/C20H23N3O3S3/c1-13(2)15-6-4-14(5-7-15)11-21-19(24)12-27-20-22-17-9-8-16(10-18(17)28-20)23-29(3,25)26/h4-10,13,23H,11-12H2,1-3H3,(H,21,24). The molecule has 3 rings (SSSR count). The van der Waals surface area contributed by atoms with Gasteiger partial charge < -0.3 is 5.32 Å². The highest BCUT2D eigenvalue weighted by Gasteiger charge is 2.10. The molecule has 0 fully saturated rings. The van der Waals surface area contributed by atoms with E-state index in [0.717, 1.165) is 26.4 Å². The number of benzene rings is 2. The molecular formula is C20H23N3O3S3. The van der Waals surface area contributed by atoms with Crippen LogP contribution in [0.3, 0.4) is 0 Å². The average molecular weight is 450 g/mol. The molecule has 154 valence electrons. The van der Waals surface area contributed by atoms with Crippen LogP contribution in [0, 0.1) is 0 Å². The van der Waals surface area contributed by atoms with Crippen LogP contribution in [0.4, 0.5) is 5.69 Å². The van der Waals surface area contributed by atoms with E-state index < -0.39 is 10.0 Å². The SMILES string of the molecule is CC(C)c1ccc(CNC(=O)CSc2nc3ccc(NS(C)(=O)=O)cc3s2)cc1. The van der Waals surface area contributed by atoms with Gasteiger partial charge in [-0.1, -0.05) is 49.9 Å². The Kier molecular flexibility index (Phi) is 6.81. The number of aromatic nitrogens is 1. The zero-order valence-corrected chi connectivity index (χ0v) is 18.9. The number of amides is 1. The van der Waals surface area contributed by atoms with E-state index in [-0.39, 0.29) is 11.7 Å². The van der Waals surface area contributed by atoms with E-state index in [1.165, 1.54) is 28.7 Å². The summed E-state index contributed by atoms with van der Waals surface area (Å²) in [4.78, 5) is 16.7. The van der Waals surface area contributed by atoms with Gasteiger partial charge in [0.05, 0.1) is 27.9 Å². The minimum atomic E-state index is -3.32. The second kappa shape index (κ2) is 9.15. The summed E-state index contributed by atoms with van der Waals surface area (Å²) in [5.41, 5.74) is 3.63. The third-order valence-electron chi connectivity index (χ3n) is 4.13. The molecule has 0 aliphatic rings. The third-order valence-corrected chi connectivity index (χ3v) is 6.90. The number of hydrogen-bond donors (Lipinski definition) is 2. The van der Waals surface area contributed by atoms with Crippen LogP contribution in [0.2, 0.25) is 0 Å². The number of hydrogen-bond acceptors (Lipinski definition) is 6. The van der Waals surface area contributed by atoms with Gasteiger partial charge >= 0.3 is 0 Å². The summed E-state index contributed by atoms with van der Waals surface area (Å²) in [5, 5.41) is 2.93. The van der Waals surface area contributed by atoms with Gasteiger partial charge in [0.1, 0.15) is 0 Å². The zero-order valence-electron chi connectivity index (χ0n) is 16.4. The summed E-state index contributed by atoms with van der Waals surface area (Å²) in [6.07, 6.45) is 1.11. The Morgan fingerprint density at radius 3 is 2.55 bits per heavy atom. The number of carbonyl (C=O) groups is 1. The number of thioether (sulfide) groups is 1. The van der Waals surface area contributed by atoms with Crippen molar-refractivity contribution < 1.29 is 13.2 Å². The van der Waals surface area contributed by atoms with E-state index in [9.17, 15) is 13.2 Å². The van der Waals surface area contributed by atoms with Crippen LogP contribution in [0.5, 0.6) is 0 Å². The molecule has 1 amide bonds. The average Bonchev–Trinajstić information content (AvgIpc) is 3.06. The van der Waals surface area contributed by atoms with E-state index in [4.69, 9.17) is 0 Å². The summed E-state index contributed by atoms with van der Waals surface area (Å²) in [5.74, 6) is 0.710. The molecule has 2 N–H and O–H groups in total. The number of sulfonamides is 1. The molecule has 0 saturated heterocycles. The van der Waals surface area contributed by atoms with Crippen LogP contribution in [0.1, 0.15) is 30.9 Å². The van der Waals surface area contributed by atoms with Crippen molar-refractivity contribution in [3.8, 4) is 0 Å². The van der Waals surface area contributed by atoms with Crippen LogP contribution in [0.15, 0.2) is 46.8 Å². The summed E-state index contributed by atoms with van der Waals surface area (Å²) < 4.78 is 26.8. The molecule has 6 nitrogen and oxygen atoms in total. The Hall–Kier alpha value is -2.10. The minimum Gasteiger partial charge on any atom is -0.351 e. The zero-order chi connectivity index (χ0) is 21.0. The maximum atomic E-state index is 12.2. The smallest absolute Gasteiger partial charge is 0.230 e. The number of nitrogens with zero attached hydrogens (tertiary/aromatic N) is 1. The quantitative estimate of drug-likeness (QED) is 0.503. The Morgan fingerprint density at radius 2 is 1.90 bits per heavy atom. The monoisotopic (exact) mass is 449 g/mol. The minimum absolute atomic E-state index is 0.0541. The van der Waals surface area contributed by atoms with E-state index in [1.54, 1.807) is 18.2 Å². The number of carbonyl (C=O) groups excluding carboxylic acids is 1. The van der Waals surface area contributed by atoms with Crippen LogP contribution in [-0.4, -0.2) is 31.3 Å². The summed E-state index contributed by atoms with van der Waals surface area (Å²) in [6.45, 7) is 4.80. The van der Waals surface area contributed by atoms with Crippen molar-refractivity contribution in [3.05, 3.63) is 53.6 Å². The first-order valence-electron chi connectivity index (χ1n) is 9.06. The van der Waals surface area contributed by atoms with E-state index in [1.807, 2.05) is 12.1 Å². The normalized spacial score (nSPS) is 11.7. The summed E-state index contributed by atoms with van der Waals surface area (Å²) in [7, 11) is -3.32. The molecule has 0 bridgehead atoms. The van der Waals surface area contributed by atoms with Gasteiger partial charge in [-0.05, 0) is 35.2 Å². The third kappa shape index (κ3) is 6.45. The topological polar surface area (TPSA) is 88.2 Å². The highest BCUT2D eigenvalue weighted by atomic mass is 32.2. The van der Waals surface area contributed by atoms with E-state index in [0.29, 0.717) is 18.2 Å². The van der Waals surface area contributed by atoms with Crippen molar-refractivity contribution in [2.75, 3.05) is 16.7 Å². The fourth-order valence-electron chi connectivity index (χ4n) is 2.64. The molecule has 1 heterocycles. The van der Waals surface area contributed by atoms with Crippen LogP contribution < -0.4 is 10.0 Å². The van der Waals surface area contributed by atoms with Gasteiger partial charge in [-0.2, -0.15) is 0 Å². The highest BCUT2D eigenvalue weighted by molar-refractivity contribution is 8.01. The van der Waals surface area contributed by atoms with Crippen LogP contribution in [-0.2, 0) is 21.4 Å². The first-order chi connectivity index (χ1) is 13.7. The van der Waals surface area contributed by atoms with Gasteiger partial charge in [-0.15, -0.1) is 11.3 Å². The fourth-order valence-corrected chi connectivity index (χ4v) is 5.13. The molecule has 0 spiro atoms.